The molecule has 2 aliphatic rings. The van der Waals surface area contributed by atoms with Crippen molar-refractivity contribution in [2.45, 2.75) is 31.7 Å². The number of benzene rings is 2. The van der Waals surface area contributed by atoms with Crippen LogP contribution in [0.25, 0.3) is 11.1 Å². The number of fused-ring (bicyclic) bond motifs is 1. The molecule has 3 atom stereocenters. The van der Waals surface area contributed by atoms with Crippen molar-refractivity contribution in [2.75, 3.05) is 13.2 Å². The second kappa shape index (κ2) is 8.77. The summed E-state index contributed by atoms with van der Waals surface area (Å²) in [6.45, 7) is 1.22. The lowest BCUT2D eigenvalue weighted by Gasteiger charge is -2.30. The van der Waals surface area contributed by atoms with Crippen molar-refractivity contribution in [3.8, 4) is 16.9 Å². The first-order valence-corrected chi connectivity index (χ1v) is 9.59. The van der Waals surface area contributed by atoms with E-state index in [4.69, 9.17) is 10.5 Å². The molecule has 2 aromatic rings. The van der Waals surface area contributed by atoms with Crippen LogP contribution in [0.3, 0.4) is 0 Å². The zero-order chi connectivity index (χ0) is 17.9. The maximum absolute atomic E-state index is 12.8. The van der Waals surface area contributed by atoms with E-state index in [1.165, 1.54) is 0 Å². The Hall–Kier alpha value is -2.04. The van der Waals surface area contributed by atoms with Gasteiger partial charge in [-0.3, -0.25) is 4.79 Å². The van der Waals surface area contributed by atoms with Gasteiger partial charge in [-0.15, -0.1) is 12.4 Å². The minimum absolute atomic E-state index is 0. The Kier molecular flexibility index (Phi) is 6.40. The number of para-hydroxylation sites is 1. The number of halogens is 1. The van der Waals surface area contributed by atoms with Gasteiger partial charge >= 0.3 is 0 Å². The lowest BCUT2D eigenvalue weighted by atomic mass is 9.92. The molecule has 0 radical (unpaired) electrons. The molecule has 4 rings (SSSR count). The third-order valence-electron chi connectivity index (χ3n) is 5.77. The first-order valence-electron chi connectivity index (χ1n) is 9.59. The third kappa shape index (κ3) is 3.97. The molecule has 3 N–H and O–H groups in total. The van der Waals surface area contributed by atoms with E-state index in [-0.39, 0.29) is 30.3 Å². The second-order valence-electron chi connectivity index (χ2n) is 7.32. The van der Waals surface area contributed by atoms with E-state index >= 15 is 0 Å². The Balaban J connectivity index is 0.00000210. The minimum Gasteiger partial charge on any atom is -0.492 e. The van der Waals surface area contributed by atoms with Gasteiger partial charge in [0.15, 0.2) is 0 Å². The molecule has 4 nitrogen and oxygen atoms in total. The molecule has 1 unspecified atom stereocenters. The lowest BCUT2D eigenvalue weighted by Crippen LogP contribution is -2.39. The number of rotatable bonds is 4. The average Bonchev–Trinajstić information content (AvgIpc) is 3.17. The Morgan fingerprint density at radius 1 is 1.07 bits per heavy atom. The topological polar surface area (TPSA) is 64.4 Å². The van der Waals surface area contributed by atoms with Crippen molar-refractivity contribution in [2.24, 2.45) is 17.6 Å². The highest BCUT2D eigenvalue weighted by molar-refractivity contribution is 5.85. The summed E-state index contributed by atoms with van der Waals surface area (Å²) in [4.78, 5) is 12.8. The van der Waals surface area contributed by atoms with Crippen LogP contribution in [0.5, 0.6) is 5.75 Å². The third-order valence-corrected chi connectivity index (χ3v) is 5.77. The van der Waals surface area contributed by atoms with Crippen LogP contribution in [0.2, 0.25) is 0 Å². The van der Waals surface area contributed by atoms with Crippen LogP contribution in [0.1, 0.15) is 37.3 Å². The van der Waals surface area contributed by atoms with Gasteiger partial charge in [-0.05, 0) is 30.9 Å². The first-order chi connectivity index (χ1) is 12.8. The fourth-order valence-corrected chi connectivity index (χ4v) is 4.36. The monoisotopic (exact) mass is 386 g/mol. The fourth-order valence-electron chi connectivity index (χ4n) is 4.36. The maximum atomic E-state index is 12.8. The average molecular weight is 387 g/mol. The summed E-state index contributed by atoms with van der Waals surface area (Å²) in [6.07, 6.45) is 3.92. The Morgan fingerprint density at radius 3 is 2.67 bits per heavy atom. The highest BCUT2D eigenvalue weighted by Crippen LogP contribution is 2.40. The van der Waals surface area contributed by atoms with Crippen LogP contribution in [-0.2, 0) is 4.79 Å². The van der Waals surface area contributed by atoms with Crippen LogP contribution in [0, 0.1) is 11.8 Å². The summed E-state index contributed by atoms with van der Waals surface area (Å²) in [7, 11) is 0. The van der Waals surface area contributed by atoms with E-state index in [9.17, 15) is 4.79 Å². The molecule has 27 heavy (non-hydrogen) atoms. The summed E-state index contributed by atoms with van der Waals surface area (Å²) in [5, 5.41) is 3.29. The molecule has 1 saturated carbocycles. The molecule has 1 aliphatic carbocycles. The van der Waals surface area contributed by atoms with Crippen molar-refractivity contribution in [1.29, 1.82) is 0 Å². The molecule has 1 heterocycles. The smallest absolute Gasteiger partial charge is 0.223 e. The standard InChI is InChI=1S/C22H26N2O2.ClH/c23-14-16-8-4-10-18(16)22(25)24-20-12-13-26-21-17(9-5-11-19(20)21)15-6-2-1-3-7-15;/h1-3,5-7,9,11,16,18,20H,4,8,10,12-14,23H2,(H,24,25);1H/t16-,18-,20?;/m1./s1. The van der Waals surface area contributed by atoms with Gasteiger partial charge in [0, 0.05) is 23.5 Å². The van der Waals surface area contributed by atoms with Crippen molar-refractivity contribution in [3.05, 3.63) is 54.1 Å². The second-order valence-corrected chi connectivity index (χ2v) is 7.32. The zero-order valence-corrected chi connectivity index (χ0v) is 16.2. The molecule has 1 fully saturated rings. The predicted octanol–water partition coefficient (Wildman–Crippen LogP) is 4.09. The number of carbonyl (C=O) groups excluding carboxylic acids is 1. The molecule has 144 valence electrons. The van der Waals surface area contributed by atoms with Crippen LogP contribution in [-0.4, -0.2) is 19.1 Å². The number of hydrogen-bond acceptors (Lipinski definition) is 3. The summed E-state index contributed by atoms with van der Waals surface area (Å²) < 4.78 is 6.02. The van der Waals surface area contributed by atoms with Crippen LogP contribution in [0.4, 0.5) is 0 Å². The maximum Gasteiger partial charge on any atom is 0.223 e. The minimum atomic E-state index is 0. The number of nitrogens with one attached hydrogen (secondary N) is 1. The van der Waals surface area contributed by atoms with Crippen molar-refractivity contribution < 1.29 is 9.53 Å². The van der Waals surface area contributed by atoms with Gasteiger partial charge in [0.2, 0.25) is 5.91 Å². The van der Waals surface area contributed by atoms with Crippen LogP contribution in [0.15, 0.2) is 48.5 Å². The number of ether oxygens (including phenoxy) is 1. The Labute approximate surface area is 166 Å². The molecule has 5 heteroatoms. The van der Waals surface area contributed by atoms with Crippen molar-refractivity contribution in [3.63, 3.8) is 0 Å². The van der Waals surface area contributed by atoms with Crippen molar-refractivity contribution >= 4 is 18.3 Å². The molecule has 1 amide bonds. The highest BCUT2D eigenvalue weighted by Gasteiger charge is 2.34. The zero-order valence-electron chi connectivity index (χ0n) is 15.4. The van der Waals surface area contributed by atoms with Gasteiger partial charge in [-0.1, -0.05) is 55.0 Å². The van der Waals surface area contributed by atoms with E-state index in [1.807, 2.05) is 24.3 Å². The Bertz CT molecular complexity index is 781. The molecule has 0 spiro atoms. The quantitative estimate of drug-likeness (QED) is 0.831. The normalized spacial score (nSPS) is 23.7. The summed E-state index contributed by atoms with van der Waals surface area (Å²) in [5.74, 6) is 1.44. The molecule has 1 aliphatic heterocycles. The van der Waals surface area contributed by atoms with Gasteiger partial charge in [0.1, 0.15) is 5.75 Å². The molecule has 2 aromatic carbocycles. The van der Waals surface area contributed by atoms with Gasteiger partial charge < -0.3 is 15.8 Å². The molecule has 0 bridgehead atoms. The van der Waals surface area contributed by atoms with E-state index in [0.29, 0.717) is 19.1 Å². The molecular weight excluding hydrogens is 360 g/mol. The Morgan fingerprint density at radius 2 is 1.89 bits per heavy atom. The van der Waals surface area contributed by atoms with E-state index in [2.05, 4.69) is 29.6 Å². The highest BCUT2D eigenvalue weighted by atomic mass is 35.5. The van der Waals surface area contributed by atoms with E-state index in [0.717, 1.165) is 48.1 Å². The van der Waals surface area contributed by atoms with Crippen LogP contribution >= 0.6 is 12.4 Å². The summed E-state index contributed by atoms with van der Waals surface area (Å²) in [6, 6.07) is 16.5. The lowest BCUT2D eigenvalue weighted by molar-refractivity contribution is -0.126. The summed E-state index contributed by atoms with van der Waals surface area (Å²) >= 11 is 0. The van der Waals surface area contributed by atoms with Gasteiger partial charge in [-0.25, -0.2) is 0 Å². The van der Waals surface area contributed by atoms with E-state index < -0.39 is 0 Å². The van der Waals surface area contributed by atoms with Gasteiger partial charge in [-0.2, -0.15) is 0 Å². The first kappa shape index (κ1) is 19.7. The van der Waals surface area contributed by atoms with Crippen LogP contribution < -0.4 is 15.8 Å². The number of hydrogen-bond donors (Lipinski definition) is 2. The number of nitrogens with two attached hydrogens (primary N) is 1. The van der Waals surface area contributed by atoms with E-state index in [1.54, 1.807) is 0 Å². The summed E-state index contributed by atoms with van der Waals surface area (Å²) in [5.41, 5.74) is 9.15. The molecular formula is C22H27ClN2O2. The number of carbonyl (C=O) groups is 1. The molecule has 0 aromatic heterocycles. The largest absolute Gasteiger partial charge is 0.492 e. The predicted molar refractivity (Wildman–Crippen MR) is 110 cm³/mol. The fraction of sp³-hybridized carbons (Fsp3) is 0.409. The van der Waals surface area contributed by atoms with Gasteiger partial charge in [0.25, 0.3) is 0 Å². The van der Waals surface area contributed by atoms with Gasteiger partial charge in [0.05, 0.1) is 12.6 Å². The molecule has 0 saturated heterocycles. The van der Waals surface area contributed by atoms with Crippen molar-refractivity contribution in [1.82, 2.24) is 5.32 Å². The SMILES string of the molecule is Cl.NC[C@H]1CCC[C@H]1C(=O)NC1CCOc2c(-c3ccccc3)cccc21. The number of amides is 1.